The zero-order valence-electron chi connectivity index (χ0n) is 8.84. The van der Waals surface area contributed by atoms with Gasteiger partial charge in [-0.15, -0.1) is 9.52 Å². The largest absolute Gasteiger partial charge is 0.497 e. The molecule has 0 radical (unpaired) electrons. The smallest absolute Gasteiger partial charge is 0.213 e. The fourth-order valence-corrected chi connectivity index (χ4v) is 3.32. The molecule has 0 unspecified atom stereocenters. The van der Waals surface area contributed by atoms with E-state index in [-0.39, 0.29) is 0 Å². The molecule has 6 heteroatoms. The lowest BCUT2D eigenvalue weighted by Crippen LogP contribution is -2.77. The van der Waals surface area contributed by atoms with Crippen molar-refractivity contribution in [2.24, 2.45) is 0 Å². The fraction of sp³-hybridized carbons (Fsp3) is 0.300. The van der Waals surface area contributed by atoms with Gasteiger partial charge in [0.15, 0.2) is 0 Å². The van der Waals surface area contributed by atoms with Crippen LogP contribution in [-0.2, 0) is 11.8 Å². The molecule has 0 atom stereocenters. The predicted octanol–water partition coefficient (Wildman–Crippen LogP) is 1.16. The van der Waals surface area contributed by atoms with Crippen LogP contribution in [0.25, 0.3) is 0 Å². The standard InChI is InChI=1S/C10H11N2OPS2/c1-13-9-4-2-8(3-5-9)10-6-7-12(11-10)16-14-15/h2-5H,6-7H2,1H3/p+1. The molecule has 1 heterocycles. The minimum Gasteiger partial charge on any atom is -0.497 e. The van der Waals surface area contributed by atoms with E-state index in [0.29, 0.717) is 0 Å². The number of methoxy groups -OCH3 is 1. The van der Waals surface area contributed by atoms with Crippen LogP contribution in [0.4, 0.5) is 0 Å². The van der Waals surface area contributed by atoms with E-state index in [1.807, 2.05) is 12.1 Å². The van der Waals surface area contributed by atoms with Crippen molar-refractivity contribution in [3.8, 4) is 5.75 Å². The Morgan fingerprint density at radius 2 is 2.19 bits per heavy atom. The van der Waals surface area contributed by atoms with Crippen LogP contribution in [-0.4, -0.2) is 23.8 Å². The lowest BCUT2D eigenvalue weighted by molar-refractivity contribution is -0.592. The summed E-state index contributed by atoms with van der Waals surface area (Å²) in [7, 11) is 1.68. The number of ether oxygens (including phenoxy) is 1. The Kier molecular flexibility index (Phi) is 4.16. The van der Waals surface area contributed by atoms with Crippen molar-refractivity contribution < 1.29 is 9.84 Å². The van der Waals surface area contributed by atoms with Gasteiger partial charge in [0.25, 0.3) is 0 Å². The van der Waals surface area contributed by atoms with E-state index in [0.717, 1.165) is 25.3 Å². The van der Waals surface area contributed by atoms with Gasteiger partial charge in [-0.25, -0.2) is 0 Å². The average molecular weight is 271 g/mol. The highest BCUT2D eigenvalue weighted by atomic mass is 32.9. The summed E-state index contributed by atoms with van der Waals surface area (Å²) in [5.74, 6) is 0.887. The van der Waals surface area contributed by atoms with Gasteiger partial charge in [0.05, 0.1) is 38.2 Å². The highest BCUT2D eigenvalue weighted by Crippen LogP contribution is 2.21. The number of hydrazone groups is 1. The van der Waals surface area contributed by atoms with E-state index in [1.54, 1.807) is 18.7 Å². The molecule has 0 spiro atoms. The quantitative estimate of drug-likeness (QED) is 0.656. The number of rotatable bonds is 4. The van der Waals surface area contributed by atoms with Crippen molar-refractivity contribution in [1.29, 1.82) is 0 Å². The van der Waals surface area contributed by atoms with E-state index in [9.17, 15) is 0 Å². The van der Waals surface area contributed by atoms with Crippen LogP contribution in [0.15, 0.2) is 24.3 Å². The molecular formula is C10H12N2OPS2+. The van der Waals surface area contributed by atoms with Gasteiger partial charge in [-0.1, -0.05) is 0 Å². The highest BCUT2D eigenvalue weighted by molar-refractivity contribution is 8.56. The van der Waals surface area contributed by atoms with Crippen molar-refractivity contribution in [3.63, 3.8) is 0 Å². The molecule has 1 aromatic carbocycles. The molecule has 0 fully saturated rings. The van der Waals surface area contributed by atoms with Crippen LogP contribution in [0.1, 0.15) is 12.0 Å². The number of hydrogen-bond donors (Lipinski definition) is 1. The maximum Gasteiger partial charge on any atom is 0.213 e. The SMILES string of the molecule is COc1ccc(C2=[NH+]N(SP=S)CC2)cc1. The second-order valence-electron chi connectivity index (χ2n) is 3.33. The first-order chi connectivity index (χ1) is 7.83. The van der Waals surface area contributed by atoms with Gasteiger partial charge in [0.1, 0.15) is 5.75 Å². The van der Waals surface area contributed by atoms with Crippen molar-refractivity contribution in [3.05, 3.63) is 29.8 Å². The fourth-order valence-electron chi connectivity index (χ4n) is 1.58. The molecule has 0 aromatic heterocycles. The van der Waals surface area contributed by atoms with E-state index in [1.165, 1.54) is 11.3 Å². The van der Waals surface area contributed by atoms with E-state index >= 15 is 0 Å². The first-order valence-corrected chi connectivity index (χ1v) is 8.16. The molecule has 0 saturated heterocycles. The molecule has 0 aliphatic carbocycles. The third kappa shape index (κ3) is 2.73. The van der Waals surface area contributed by atoms with Gasteiger partial charge in [-0.3, -0.25) is 0 Å². The van der Waals surface area contributed by atoms with Crippen LogP contribution in [0.5, 0.6) is 5.75 Å². The lowest BCUT2D eigenvalue weighted by Gasteiger charge is -1.99. The molecule has 16 heavy (non-hydrogen) atoms. The summed E-state index contributed by atoms with van der Waals surface area (Å²) in [4.78, 5) is 0. The maximum atomic E-state index is 5.13. The van der Waals surface area contributed by atoms with Crippen molar-refractivity contribution in [2.75, 3.05) is 13.7 Å². The Morgan fingerprint density at radius 3 is 2.81 bits per heavy atom. The van der Waals surface area contributed by atoms with E-state index in [4.69, 9.17) is 16.5 Å². The third-order valence-corrected chi connectivity index (χ3v) is 4.32. The minimum absolute atomic E-state index is 0.887. The second-order valence-corrected chi connectivity index (χ2v) is 6.36. The molecule has 1 aliphatic rings. The summed E-state index contributed by atoms with van der Waals surface area (Å²) in [5, 5.41) is 3.34. The Bertz CT molecular complexity index is 408. The second kappa shape index (κ2) is 5.62. The monoisotopic (exact) mass is 271 g/mol. The van der Waals surface area contributed by atoms with Gasteiger partial charge in [0, 0.05) is 5.56 Å². The minimum atomic E-state index is 0.887. The van der Waals surface area contributed by atoms with E-state index in [2.05, 4.69) is 21.6 Å². The van der Waals surface area contributed by atoms with Crippen LogP contribution in [0, 0.1) is 0 Å². The lowest BCUT2D eigenvalue weighted by atomic mass is 10.1. The van der Waals surface area contributed by atoms with Crippen LogP contribution in [0.2, 0.25) is 0 Å². The Hall–Kier alpha value is -0.640. The Morgan fingerprint density at radius 1 is 1.44 bits per heavy atom. The molecule has 84 valence electrons. The van der Waals surface area contributed by atoms with Gasteiger partial charge in [-0.05, 0) is 36.1 Å². The van der Waals surface area contributed by atoms with Crippen molar-refractivity contribution in [1.82, 2.24) is 4.41 Å². The summed E-state index contributed by atoms with van der Waals surface area (Å²) in [6, 6.07) is 8.10. The summed E-state index contributed by atoms with van der Waals surface area (Å²) in [6.07, 6.45) is 1.03. The number of hydrazine groups is 1. The molecule has 1 aliphatic heterocycles. The van der Waals surface area contributed by atoms with Crippen molar-refractivity contribution >= 4 is 35.6 Å². The molecule has 0 saturated carbocycles. The van der Waals surface area contributed by atoms with E-state index < -0.39 is 0 Å². The van der Waals surface area contributed by atoms with Crippen molar-refractivity contribution in [2.45, 2.75) is 6.42 Å². The highest BCUT2D eigenvalue weighted by Gasteiger charge is 2.22. The Balaban J connectivity index is 2.12. The zero-order chi connectivity index (χ0) is 11.4. The summed E-state index contributed by atoms with van der Waals surface area (Å²) in [5.41, 5.74) is 2.46. The van der Waals surface area contributed by atoms with Gasteiger partial charge < -0.3 is 4.74 Å². The van der Waals surface area contributed by atoms with Crippen LogP contribution in [0.3, 0.4) is 0 Å². The van der Waals surface area contributed by atoms with Crippen LogP contribution >= 0.6 is 18.1 Å². The summed E-state index contributed by atoms with van der Waals surface area (Å²) in [6.45, 7) is 1.90. The number of benzene rings is 1. The molecule has 1 aromatic rings. The molecule has 3 nitrogen and oxygen atoms in total. The number of nitrogens with one attached hydrogen (secondary N) is 1. The molecular weight excluding hydrogens is 259 g/mol. The Labute approximate surface area is 106 Å². The van der Waals surface area contributed by atoms with Crippen LogP contribution < -0.4 is 9.84 Å². The maximum absolute atomic E-state index is 5.13. The van der Waals surface area contributed by atoms with Gasteiger partial charge >= 0.3 is 0 Å². The predicted molar refractivity (Wildman–Crippen MR) is 71.3 cm³/mol. The summed E-state index contributed by atoms with van der Waals surface area (Å²) >= 11 is 6.51. The number of hydrogen-bond acceptors (Lipinski definition) is 4. The third-order valence-electron chi connectivity index (χ3n) is 2.39. The average Bonchev–Trinajstić information content (AvgIpc) is 2.78. The normalized spacial score (nSPS) is 15.3. The summed E-state index contributed by atoms with van der Waals surface area (Å²) < 4.78 is 7.21. The first-order valence-electron chi connectivity index (χ1n) is 4.87. The molecule has 0 amide bonds. The van der Waals surface area contributed by atoms with Gasteiger partial charge in [-0.2, -0.15) is 0 Å². The molecule has 1 N–H and O–H groups in total. The number of nitrogens with zero attached hydrogens (tertiary/aromatic N) is 1. The molecule has 2 rings (SSSR count). The molecule has 0 bridgehead atoms. The topological polar surface area (TPSA) is 26.4 Å². The van der Waals surface area contributed by atoms with Gasteiger partial charge in [0.2, 0.25) is 5.71 Å². The first kappa shape index (κ1) is 11.8. The zero-order valence-corrected chi connectivity index (χ0v) is 11.4.